The van der Waals surface area contributed by atoms with Gasteiger partial charge in [-0.3, -0.25) is 4.79 Å². The van der Waals surface area contributed by atoms with E-state index in [4.69, 9.17) is 4.74 Å². The van der Waals surface area contributed by atoms with E-state index in [-0.39, 0.29) is 5.91 Å². The van der Waals surface area contributed by atoms with E-state index in [9.17, 15) is 9.59 Å². The van der Waals surface area contributed by atoms with Crippen LogP contribution in [0.4, 0.5) is 5.69 Å². The summed E-state index contributed by atoms with van der Waals surface area (Å²) in [6.45, 7) is 5.40. The minimum atomic E-state index is -0.556. The first-order chi connectivity index (χ1) is 8.66. The molecule has 0 saturated carbocycles. The van der Waals surface area contributed by atoms with Crippen LogP contribution in [0.25, 0.3) is 0 Å². The van der Waals surface area contributed by atoms with Crippen molar-refractivity contribution in [3.63, 3.8) is 0 Å². The van der Waals surface area contributed by atoms with Crippen molar-refractivity contribution in [2.45, 2.75) is 20.8 Å². The Labute approximate surface area is 129 Å². The number of anilines is 1. The lowest BCUT2D eigenvalue weighted by molar-refractivity contribution is -0.123. The Kier molecular flexibility index (Phi) is 5.15. The molecule has 104 valence electrons. The molecular weight excluding hydrogens is 378 g/mol. The van der Waals surface area contributed by atoms with Gasteiger partial charge in [0, 0.05) is 14.4 Å². The van der Waals surface area contributed by atoms with Gasteiger partial charge in [-0.15, -0.1) is 0 Å². The second-order valence-corrected chi connectivity index (χ2v) is 6.78. The summed E-state index contributed by atoms with van der Waals surface area (Å²) in [7, 11) is 1.30. The molecule has 0 saturated heterocycles. The second kappa shape index (κ2) is 6.05. The quantitative estimate of drug-likeness (QED) is 0.774. The highest BCUT2D eigenvalue weighted by molar-refractivity contribution is 9.11. The highest BCUT2D eigenvalue weighted by Gasteiger charge is 2.25. The number of ether oxygens (including phenoxy) is 1. The average molecular weight is 393 g/mol. The SMILES string of the molecule is COC(=O)c1cc(Br)cc(Br)c1NC(=O)C(C)(C)C. The summed E-state index contributed by atoms with van der Waals surface area (Å²) < 4.78 is 6.05. The number of amides is 1. The molecule has 6 heteroatoms. The lowest BCUT2D eigenvalue weighted by Gasteiger charge is -2.20. The number of nitrogens with one attached hydrogen (secondary N) is 1. The van der Waals surface area contributed by atoms with Gasteiger partial charge in [-0.05, 0) is 28.1 Å². The lowest BCUT2D eigenvalue weighted by atomic mass is 9.95. The zero-order valence-corrected chi connectivity index (χ0v) is 14.3. The van der Waals surface area contributed by atoms with E-state index in [1.165, 1.54) is 7.11 Å². The zero-order valence-electron chi connectivity index (χ0n) is 11.1. The monoisotopic (exact) mass is 391 g/mol. The lowest BCUT2D eigenvalue weighted by Crippen LogP contribution is -2.28. The topological polar surface area (TPSA) is 55.4 Å². The predicted octanol–water partition coefficient (Wildman–Crippen LogP) is 3.98. The van der Waals surface area contributed by atoms with Crippen LogP contribution in [0, 0.1) is 5.41 Å². The molecule has 0 aliphatic rings. The Morgan fingerprint density at radius 2 is 1.79 bits per heavy atom. The van der Waals surface area contributed by atoms with Crippen LogP contribution in [0.3, 0.4) is 0 Å². The van der Waals surface area contributed by atoms with Gasteiger partial charge in [0.2, 0.25) is 5.91 Å². The van der Waals surface area contributed by atoms with E-state index in [2.05, 4.69) is 37.2 Å². The van der Waals surface area contributed by atoms with Crippen LogP contribution in [0.5, 0.6) is 0 Å². The summed E-state index contributed by atoms with van der Waals surface area (Å²) in [4.78, 5) is 23.8. The first kappa shape index (κ1) is 16.2. The number of rotatable bonds is 2. The number of esters is 1. The Morgan fingerprint density at radius 3 is 2.26 bits per heavy atom. The highest BCUT2D eigenvalue weighted by atomic mass is 79.9. The Morgan fingerprint density at radius 1 is 1.21 bits per heavy atom. The van der Waals surface area contributed by atoms with E-state index >= 15 is 0 Å². The van der Waals surface area contributed by atoms with Gasteiger partial charge in [-0.2, -0.15) is 0 Å². The summed E-state index contributed by atoms with van der Waals surface area (Å²) in [6.07, 6.45) is 0. The largest absolute Gasteiger partial charge is 0.465 e. The summed E-state index contributed by atoms with van der Waals surface area (Å²) in [5, 5.41) is 2.75. The maximum absolute atomic E-state index is 12.0. The Hall–Kier alpha value is -0.880. The number of halogens is 2. The fraction of sp³-hybridized carbons (Fsp3) is 0.385. The molecule has 1 rings (SSSR count). The molecule has 0 fully saturated rings. The van der Waals surface area contributed by atoms with Crippen LogP contribution in [0.15, 0.2) is 21.1 Å². The smallest absolute Gasteiger partial charge is 0.340 e. The normalized spacial score (nSPS) is 11.1. The molecule has 0 heterocycles. The molecule has 0 aromatic heterocycles. The molecule has 0 unspecified atom stereocenters. The van der Waals surface area contributed by atoms with Crippen molar-refractivity contribution in [1.82, 2.24) is 0 Å². The van der Waals surface area contributed by atoms with Gasteiger partial charge in [-0.25, -0.2) is 4.79 Å². The maximum Gasteiger partial charge on any atom is 0.340 e. The number of hydrogen-bond acceptors (Lipinski definition) is 3. The molecule has 1 amide bonds. The van der Waals surface area contributed by atoms with Crippen molar-refractivity contribution in [2.75, 3.05) is 12.4 Å². The first-order valence-corrected chi connectivity index (χ1v) is 7.14. The van der Waals surface area contributed by atoms with Crippen LogP contribution in [0.1, 0.15) is 31.1 Å². The van der Waals surface area contributed by atoms with E-state index in [1.807, 2.05) is 0 Å². The molecule has 19 heavy (non-hydrogen) atoms. The third kappa shape index (κ3) is 4.04. The molecule has 0 aliphatic heterocycles. The molecule has 1 N–H and O–H groups in total. The van der Waals surface area contributed by atoms with E-state index in [0.29, 0.717) is 20.2 Å². The molecule has 0 bridgehead atoms. The molecule has 4 nitrogen and oxygen atoms in total. The summed E-state index contributed by atoms with van der Waals surface area (Å²) >= 11 is 6.64. The third-order valence-electron chi connectivity index (χ3n) is 2.38. The molecule has 0 aliphatic carbocycles. The number of benzene rings is 1. The number of methoxy groups -OCH3 is 1. The molecule has 0 radical (unpaired) electrons. The van der Waals surface area contributed by atoms with Crippen LogP contribution >= 0.6 is 31.9 Å². The Bertz CT molecular complexity index is 521. The minimum Gasteiger partial charge on any atom is -0.465 e. The average Bonchev–Trinajstić information content (AvgIpc) is 2.29. The van der Waals surface area contributed by atoms with Crippen LogP contribution in [0.2, 0.25) is 0 Å². The summed E-state index contributed by atoms with van der Waals surface area (Å²) in [5.41, 5.74) is 0.149. The fourth-order valence-electron chi connectivity index (χ4n) is 1.27. The van der Waals surface area contributed by atoms with Crippen molar-refractivity contribution in [1.29, 1.82) is 0 Å². The van der Waals surface area contributed by atoms with Crippen molar-refractivity contribution in [3.05, 3.63) is 26.6 Å². The van der Waals surface area contributed by atoms with Crippen LogP contribution in [-0.4, -0.2) is 19.0 Å². The summed E-state index contributed by atoms with van der Waals surface area (Å²) in [5.74, 6) is -0.688. The number of hydrogen-bond donors (Lipinski definition) is 1. The van der Waals surface area contributed by atoms with Crippen LogP contribution < -0.4 is 5.32 Å². The Balaban J connectivity index is 3.26. The highest BCUT2D eigenvalue weighted by Crippen LogP contribution is 2.32. The standard InChI is InChI=1S/C13H15Br2NO3/c1-13(2,3)12(18)16-10-8(11(17)19-4)5-7(14)6-9(10)15/h5-6H,1-4H3,(H,16,18). The number of carbonyl (C=O) groups is 2. The van der Waals surface area contributed by atoms with E-state index in [0.717, 1.165) is 0 Å². The zero-order chi connectivity index (χ0) is 14.8. The molecule has 1 aromatic rings. The molecule has 0 atom stereocenters. The van der Waals surface area contributed by atoms with Crippen molar-refractivity contribution < 1.29 is 14.3 Å². The van der Waals surface area contributed by atoms with Gasteiger partial charge in [-0.1, -0.05) is 36.7 Å². The van der Waals surface area contributed by atoms with Crippen LogP contribution in [-0.2, 0) is 9.53 Å². The maximum atomic E-state index is 12.0. The van der Waals surface area contributed by atoms with E-state index in [1.54, 1.807) is 32.9 Å². The first-order valence-electron chi connectivity index (χ1n) is 5.55. The van der Waals surface area contributed by atoms with Gasteiger partial charge in [0.1, 0.15) is 0 Å². The predicted molar refractivity (Wildman–Crippen MR) is 81.3 cm³/mol. The summed E-state index contributed by atoms with van der Waals surface area (Å²) in [6, 6.07) is 3.36. The van der Waals surface area contributed by atoms with Crippen molar-refractivity contribution in [2.24, 2.45) is 5.41 Å². The molecule has 1 aromatic carbocycles. The van der Waals surface area contributed by atoms with Gasteiger partial charge < -0.3 is 10.1 Å². The fourth-order valence-corrected chi connectivity index (χ4v) is 2.60. The van der Waals surface area contributed by atoms with E-state index < -0.39 is 11.4 Å². The molecular formula is C13H15Br2NO3. The number of carbonyl (C=O) groups excluding carboxylic acids is 2. The molecule has 0 spiro atoms. The third-order valence-corrected chi connectivity index (χ3v) is 3.46. The van der Waals surface area contributed by atoms with Crippen molar-refractivity contribution in [3.8, 4) is 0 Å². The van der Waals surface area contributed by atoms with Gasteiger partial charge in [0.15, 0.2) is 0 Å². The minimum absolute atomic E-state index is 0.180. The van der Waals surface area contributed by atoms with Gasteiger partial charge in [0.05, 0.1) is 18.4 Å². The second-order valence-electron chi connectivity index (χ2n) is 5.01. The van der Waals surface area contributed by atoms with Gasteiger partial charge in [0.25, 0.3) is 0 Å². The van der Waals surface area contributed by atoms with Crippen molar-refractivity contribution >= 4 is 49.4 Å². The van der Waals surface area contributed by atoms with Gasteiger partial charge >= 0.3 is 5.97 Å².